The molecule has 80 valence electrons. The van der Waals surface area contributed by atoms with Crippen molar-refractivity contribution in [2.45, 2.75) is 19.4 Å². The van der Waals surface area contributed by atoms with Gasteiger partial charge < -0.3 is 0 Å². The van der Waals surface area contributed by atoms with Gasteiger partial charge in [-0.2, -0.15) is 0 Å². The highest BCUT2D eigenvalue weighted by Gasteiger charge is 2.38. The van der Waals surface area contributed by atoms with E-state index in [1.807, 2.05) is 7.05 Å². The predicted molar refractivity (Wildman–Crippen MR) is 55.9 cm³/mol. The van der Waals surface area contributed by atoms with Gasteiger partial charge in [-0.1, -0.05) is 29.0 Å². The molecule has 0 saturated carbocycles. The lowest BCUT2D eigenvalue weighted by Gasteiger charge is -2.31. The van der Waals surface area contributed by atoms with Gasteiger partial charge in [0.15, 0.2) is 0 Å². The monoisotopic (exact) mass is 205 g/mol. The standard InChI is InChI=1S/C12H15NO2/c1-8-3-4-9-6-10-7-14-13(2)15-12(10)11(9)5-8/h3-5,10,12H,6-7H2,1-2H3/t10-,12+/m1/s1. The summed E-state index contributed by atoms with van der Waals surface area (Å²) in [5, 5.41) is 1.48. The van der Waals surface area contributed by atoms with Crippen LogP contribution in [0.5, 0.6) is 0 Å². The molecule has 3 rings (SSSR count). The van der Waals surface area contributed by atoms with Crippen LogP contribution in [0.15, 0.2) is 18.2 Å². The SMILES string of the molecule is Cc1ccc2c(c1)[C@H]1ON(C)OC[C@H]1C2. The van der Waals surface area contributed by atoms with E-state index in [1.165, 1.54) is 21.9 Å². The molecule has 1 heterocycles. The summed E-state index contributed by atoms with van der Waals surface area (Å²) in [7, 11) is 1.81. The summed E-state index contributed by atoms with van der Waals surface area (Å²) in [5.41, 5.74) is 4.05. The number of nitrogens with zero attached hydrogens (tertiary/aromatic N) is 1. The van der Waals surface area contributed by atoms with Crippen LogP contribution >= 0.6 is 0 Å². The molecular weight excluding hydrogens is 190 g/mol. The average Bonchev–Trinajstić information content (AvgIpc) is 2.56. The fourth-order valence-corrected chi connectivity index (χ4v) is 2.49. The van der Waals surface area contributed by atoms with E-state index in [9.17, 15) is 0 Å². The van der Waals surface area contributed by atoms with E-state index in [0.29, 0.717) is 5.92 Å². The molecule has 0 unspecified atom stereocenters. The van der Waals surface area contributed by atoms with Crippen molar-refractivity contribution in [2.75, 3.05) is 13.7 Å². The summed E-state index contributed by atoms with van der Waals surface area (Å²) in [6, 6.07) is 6.62. The number of benzene rings is 1. The average molecular weight is 205 g/mol. The van der Waals surface area contributed by atoms with E-state index in [0.717, 1.165) is 13.0 Å². The van der Waals surface area contributed by atoms with Crippen molar-refractivity contribution in [1.82, 2.24) is 5.23 Å². The van der Waals surface area contributed by atoms with E-state index in [4.69, 9.17) is 9.68 Å². The van der Waals surface area contributed by atoms with E-state index in [1.54, 1.807) is 0 Å². The zero-order chi connectivity index (χ0) is 10.4. The quantitative estimate of drug-likeness (QED) is 0.646. The third kappa shape index (κ3) is 1.47. The summed E-state index contributed by atoms with van der Waals surface area (Å²) in [6.07, 6.45) is 1.27. The normalized spacial score (nSPS) is 30.0. The lowest BCUT2D eigenvalue weighted by molar-refractivity contribution is -0.415. The Hall–Kier alpha value is -0.900. The van der Waals surface area contributed by atoms with E-state index >= 15 is 0 Å². The van der Waals surface area contributed by atoms with Crippen LogP contribution in [0.25, 0.3) is 0 Å². The lowest BCUT2D eigenvalue weighted by Crippen LogP contribution is -2.34. The van der Waals surface area contributed by atoms with Crippen molar-refractivity contribution >= 4 is 0 Å². The number of aryl methyl sites for hydroxylation is 1. The molecule has 0 bridgehead atoms. The summed E-state index contributed by atoms with van der Waals surface area (Å²) >= 11 is 0. The molecule has 1 fully saturated rings. The van der Waals surface area contributed by atoms with Gasteiger partial charge in [-0.3, -0.25) is 9.68 Å². The number of hydrogen-bond acceptors (Lipinski definition) is 3. The molecule has 0 amide bonds. The Labute approximate surface area is 89.5 Å². The summed E-state index contributed by atoms with van der Waals surface area (Å²) in [6.45, 7) is 2.88. The van der Waals surface area contributed by atoms with Crippen LogP contribution < -0.4 is 0 Å². The molecule has 1 saturated heterocycles. The first-order valence-electron chi connectivity index (χ1n) is 5.37. The Kier molecular flexibility index (Phi) is 2.06. The maximum atomic E-state index is 5.70. The third-order valence-corrected chi connectivity index (χ3v) is 3.25. The maximum Gasteiger partial charge on any atom is 0.113 e. The molecule has 0 spiro atoms. The van der Waals surface area contributed by atoms with Crippen molar-refractivity contribution in [3.63, 3.8) is 0 Å². The second-order valence-corrected chi connectivity index (χ2v) is 4.43. The van der Waals surface area contributed by atoms with Gasteiger partial charge in [-0.25, -0.2) is 0 Å². The molecule has 1 aromatic rings. The van der Waals surface area contributed by atoms with E-state index < -0.39 is 0 Å². The fourth-order valence-electron chi connectivity index (χ4n) is 2.49. The molecule has 1 aliphatic carbocycles. The first-order valence-corrected chi connectivity index (χ1v) is 5.37. The van der Waals surface area contributed by atoms with Crippen LogP contribution in [0.3, 0.4) is 0 Å². The number of fused-ring (bicyclic) bond motifs is 3. The Morgan fingerprint density at radius 2 is 2.27 bits per heavy atom. The van der Waals surface area contributed by atoms with Gasteiger partial charge in [-0.15, -0.1) is 0 Å². The molecule has 1 aromatic carbocycles. The molecule has 0 radical (unpaired) electrons. The topological polar surface area (TPSA) is 21.7 Å². The Morgan fingerprint density at radius 3 is 3.13 bits per heavy atom. The summed E-state index contributed by atoms with van der Waals surface area (Å²) in [5.74, 6) is 0.484. The van der Waals surface area contributed by atoms with Gasteiger partial charge in [-0.05, 0) is 24.5 Å². The highest BCUT2D eigenvalue weighted by molar-refractivity contribution is 5.38. The number of hydrogen-bond donors (Lipinski definition) is 0. The van der Waals surface area contributed by atoms with Crippen LogP contribution in [-0.2, 0) is 16.1 Å². The first-order chi connectivity index (χ1) is 7.24. The summed E-state index contributed by atoms with van der Waals surface area (Å²) in [4.78, 5) is 11.1. The van der Waals surface area contributed by atoms with Gasteiger partial charge in [0.1, 0.15) is 6.10 Å². The largest absolute Gasteiger partial charge is 0.274 e. The second kappa shape index (κ2) is 3.30. The second-order valence-electron chi connectivity index (χ2n) is 4.43. The van der Waals surface area contributed by atoms with Crippen molar-refractivity contribution in [3.05, 3.63) is 34.9 Å². The molecule has 0 aromatic heterocycles. The van der Waals surface area contributed by atoms with Gasteiger partial charge >= 0.3 is 0 Å². The third-order valence-electron chi connectivity index (χ3n) is 3.25. The molecule has 3 nitrogen and oxygen atoms in total. The molecule has 15 heavy (non-hydrogen) atoms. The molecule has 3 heteroatoms. The van der Waals surface area contributed by atoms with Crippen molar-refractivity contribution < 1.29 is 9.68 Å². The Balaban J connectivity index is 1.98. The maximum absolute atomic E-state index is 5.70. The van der Waals surface area contributed by atoms with Crippen LogP contribution in [0.4, 0.5) is 0 Å². The van der Waals surface area contributed by atoms with Crippen LogP contribution in [0, 0.1) is 12.8 Å². The number of hydroxylamine groups is 2. The minimum absolute atomic E-state index is 0.193. The van der Waals surface area contributed by atoms with Crippen molar-refractivity contribution in [3.8, 4) is 0 Å². The van der Waals surface area contributed by atoms with Gasteiger partial charge in [0.05, 0.1) is 6.61 Å². The summed E-state index contributed by atoms with van der Waals surface area (Å²) < 4.78 is 0. The van der Waals surface area contributed by atoms with Crippen LogP contribution in [-0.4, -0.2) is 18.9 Å². The van der Waals surface area contributed by atoms with Crippen LogP contribution in [0.2, 0.25) is 0 Å². The highest BCUT2D eigenvalue weighted by atomic mass is 17.0. The highest BCUT2D eigenvalue weighted by Crippen LogP contribution is 2.41. The molecule has 0 N–H and O–H groups in total. The first kappa shape index (κ1) is 9.33. The van der Waals surface area contributed by atoms with Crippen molar-refractivity contribution in [2.24, 2.45) is 5.92 Å². The smallest absolute Gasteiger partial charge is 0.113 e. The zero-order valence-electron chi connectivity index (χ0n) is 9.06. The lowest BCUT2D eigenvalue weighted by atomic mass is 10.0. The van der Waals surface area contributed by atoms with Gasteiger partial charge in [0.25, 0.3) is 0 Å². The number of rotatable bonds is 0. The Bertz CT molecular complexity index is 391. The minimum atomic E-state index is 0.193. The minimum Gasteiger partial charge on any atom is -0.274 e. The van der Waals surface area contributed by atoms with E-state index in [2.05, 4.69) is 25.1 Å². The van der Waals surface area contributed by atoms with Gasteiger partial charge in [0.2, 0.25) is 0 Å². The molecule has 1 aliphatic heterocycles. The Morgan fingerprint density at radius 1 is 1.40 bits per heavy atom. The van der Waals surface area contributed by atoms with E-state index in [-0.39, 0.29) is 6.10 Å². The fraction of sp³-hybridized carbons (Fsp3) is 0.500. The molecule has 2 aliphatic rings. The zero-order valence-corrected chi connectivity index (χ0v) is 9.06. The molecule has 2 atom stereocenters. The van der Waals surface area contributed by atoms with Gasteiger partial charge in [0, 0.05) is 13.0 Å². The predicted octanol–water partition coefficient (Wildman–Crippen LogP) is 2.02. The van der Waals surface area contributed by atoms with Crippen molar-refractivity contribution in [1.29, 1.82) is 0 Å². The molecular formula is C12H15NO2. The van der Waals surface area contributed by atoms with Crippen LogP contribution in [0.1, 0.15) is 22.8 Å².